The molecule has 0 spiro atoms. The fourth-order valence-corrected chi connectivity index (χ4v) is 2.48. The van der Waals surface area contributed by atoms with Crippen LogP contribution in [0.1, 0.15) is 36.5 Å². The first-order valence-corrected chi connectivity index (χ1v) is 7.17. The number of nitrogens with one attached hydrogen (secondary N) is 1. The number of aromatic nitrogens is 1. The summed E-state index contributed by atoms with van der Waals surface area (Å²) in [6.07, 6.45) is 4.74. The lowest BCUT2D eigenvalue weighted by Gasteiger charge is -2.29. The molecule has 1 aliphatic heterocycles. The maximum atomic E-state index is 12.2. The van der Waals surface area contributed by atoms with Crippen molar-refractivity contribution in [3.63, 3.8) is 0 Å². The predicted octanol–water partition coefficient (Wildman–Crippen LogP) is 1.87. The highest BCUT2D eigenvalue weighted by molar-refractivity contribution is 6.32. The van der Waals surface area contributed by atoms with Gasteiger partial charge in [0.15, 0.2) is 0 Å². The van der Waals surface area contributed by atoms with Gasteiger partial charge in [-0.1, -0.05) is 11.6 Å². The number of halogens is 1. The molecule has 0 saturated carbocycles. The highest BCUT2D eigenvalue weighted by Crippen LogP contribution is 2.13. The van der Waals surface area contributed by atoms with E-state index in [1.54, 1.807) is 24.0 Å². The van der Waals surface area contributed by atoms with Gasteiger partial charge in [0, 0.05) is 19.3 Å². The van der Waals surface area contributed by atoms with Gasteiger partial charge in [0.25, 0.3) is 5.91 Å². The Balaban J connectivity index is 1.97. The van der Waals surface area contributed by atoms with Crippen molar-refractivity contribution in [2.75, 3.05) is 13.1 Å². The predicted molar refractivity (Wildman–Crippen MR) is 76.6 cm³/mol. The molecule has 0 bridgehead atoms. The number of carbonyl (C=O) groups is 2. The number of pyridine rings is 1. The number of amides is 2. The molecule has 1 aromatic rings. The minimum Gasteiger partial charge on any atom is -0.341 e. The van der Waals surface area contributed by atoms with Gasteiger partial charge >= 0.3 is 0 Å². The molecule has 1 atom stereocenters. The molecule has 0 aliphatic carbocycles. The minimum absolute atomic E-state index is 0.0435. The first-order valence-electron chi connectivity index (χ1n) is 6.80. The molecule has 2 heterocycles. The first-order chi connectivity index (χ1) is 9.59. The second kappa shape index (κ2) is 6.70. The largest absolute Gasteiger partial charge is 0.341 e. The molecular weight excluding hydrogens is 278 g/mol. The lowest BCUT2D eigenvalue weighted by atomic mass is 10.1. The maximum absolute atomic E-state index is 12.2. The third kappa shape index (κ3) is 3.48. The molecule has 1 N–H and O–H groups in total. The number of hydrogen-bond donors (Lipinski definition) is 1. The summed E-state index contributed by atoms with van der Waals surface area (Å²) in [7, 11) is 0. The monoisotopic (exact) mass is 295 g/mol. The van der Waals surface area contributed by atoms with Crippen molar-refractivity contribution in [3.05, 3.63) is 29.0 Å². The zero-order valence-electron chi connectivity index (χ0n) is 11.4. The zero-order valence-corrected chi connectivity index (χ0v) is 12.2. The molecule has 1 aliphatic rings. The van der Waals surface area contributed by atoms with Gasteiger partial charge in [-0.25, -0.2) is 4.98 Å². The van der Waals surface area contributed by atoms with Crippen LogP contribution >= 0.6 is 11.6 Å². The van der Waals surface area contributed by atoms with E-state index in [1.807, 2.05) is 0 Å². The van der Waals surface area contributed by atoms with Crippen LogP contribution in [0.5, 0.6) is 0 Å². The Labute approximate surface area is 123 Å². The average molecular weight is 296 g/mol. The highest BCUT2D eigenvalue weighted by Gasteiger charge is 2.24. The molecule has 0 aromatic carbocycles. The number of likely N-dealkylation sites (tertiary alicyclic amines) is 1. The van der Waals surface area contributed by atoms with E-state index in [0.29, 0.717) is 0 Å². The second-order valence-electron chi connectivity index (χ2n) is 4.92. The van der Waals surface area contributed by atoms with E-state index in [2.05, 4.69) is 10.3 Å². The molecule has 1 aromatic heterocycles. The zero-order chi connectivity index (χ0) is 14.5. The first kappa shape index (κ1) is 14.8. The van der Waals surface area contributed by atoms with Crippen molar-refractivity contribution < 1.29 is 9.59 Å². The van der Waals surface area contributed by atoms with Crippen LogP contribution in [0, 0.1) is 0 Å². The Morgan fingerprint density at radius 2 is 2.05 bits per heavy atom. The summed E-state index contributed by atoms with van der Waals surface area (Å²) in [5.41, 5.74) is 0.285. The SMILES string of the molecule is CC(NC(=O)c1cccnc1Cl)C(=O)N1CCCCC1. The van der Waals surface area contributed by atoms with Crippen LogP contribution in [0.3, 0.4) is 0 Å². The van der Waals surface area contributed by atoms with Crippen LogP contribution in [0.4, 0.5) is 0 Å². The van der Waals surface area contributed by atoms with Crippen LogP contribution in [0.15, 0.2) is 18.3 Å². The van der Waals surface area contributed by atoms with Crippen LogP contribution in [-0.2, 0) is 4.79 Å². The average Bonchev–Trinajstić information content (AvgIpc) is 2.47. The Morgan fingerprint density at radius 1 is 1.35 bits per heavy atom. The molecule has 1 fully saturated rings. The van der Waals surface area contributed by atoms with E-state index in [-0.39, 0.29) is 22.5 Å². The molecule has 1 saturated heterocycles. The lowest BCUT2D eigenvalue weighted by Crippen LogP contribution is -2.48. The van der Waals surface area contributed by atoms with Gasteiger partial charge < -0.3 is 10.2 Å². The standard InChI is InChI=1S/C14H18ClN3O2/c1-10(14(20)18-8-3-2-4-9-18)17-13(19)11-6-5-7-16-12(11)15/h5-7,10H,2-4,8-9H2,1H3,(H,17,19). The normalized spacial score (nSPS) is 16.6. The summed E-state index contributed by atoms with van der Waals surface area (Å²) in [6.45, 7) is 3.23. The quantitative estimate of drug-likeness (QED) is 0.866. The highest BCUT2D eigenvalue weighted by atomic mass is 35.5. The second-order valence-corrected chi connectivity index (χ2v) is 5.28. The minimum atomic E-state index is -0.558. The van der Waals surface area contributed by atoms with Crippen LogP contribution in [0.25, 0.3) is 0 Å². The summed E-state index contributed by atoms with van der Waals surface area (Å²) < 4.78 is 0. The summed E-state index contributed by atoms with van der Waals surface area (Å²) in [6, 6.07) is 2.66. The number of hydrogen-bond acceptors (Lipinski definition) is 3. The van der Waals surface area contributed by atoms with Gasteiger partial charge in [-0.05, 0) is 38.3 Å². The molecule has 2 amide bonds. The lowest BCUT2D eigenvalue weighted by molar-refractivity contribution is -0.133. The number of piperidine rings is 1. The third-order valence-electron chi connectivity index (χ3n) is 3.39. The number of rotatable bonds is 3. The van der Waals surface area contributed by atoms with Crippen LogP contribution in [-0.4, -0.2) is 40.8 Å². The van der Waals surface area contributed by atoms with Crippen LogP contribution < -0.4 is 5.32 Å². The van der Waals surface area contributed by atoms with Gasteiger partial charge in [-0.15, -0.1) is 0 Å². The van der Waals surface area contributed by atoms with E-state index in [4.69, 9.17) is 11.6 Å². The molecule has 5 nitrogen and oxygen atoms in total. The molecule has 6 heteroatoms. The topological polar surface area (TPSA) is 62.3 Å². The van der Waals surface area contributed by atoms with Crippen molar-refractivity contribution in [2.45, 2.75) is 32.2 Å². The number of nitrogens with zero attached hydrogens (tertiary/aromatic N) is 2. The fraction of sp³-hybridized carbons (Fsp3) is 0.500. The van der Waals surface area contributed by atoms with Gasteiger partial charge in [-0.2, -0.15) is 0 Å². The summed E-state index contributed by atoms with van der Waals surface area (Å²) >= 11 is 5.86. The Bertz CT molecular complexity index is 501. The van der Waals surface area contributed by atoms with E-state index in [0.717, 1.165) is 32.4 Å². The molecule has 20 heavy (non-hydrogen) atoms. The van der Waals surface area contributed by atoms with E-state index < -0.39 is 6.04 Å². The fourth-order valence-electron chi connectivity index (χ4n) is 2.28. The third-order valence-corrected chi connectivity index (χ3v) is 3.69. The summed E-state index contributed by atoms with van der Waals surface area (Å²) in [5, 5.41) is 2.82. The molecular formula is C14H18ClN3O2. The van der Waals surface area contributed by atoms with Crippen LogP contribution in [0.2, 0.25) is 5.15 Å². The molecule has 1 unspecified atom stereocenters. The Hall–Kier alpha value is -1.62. The van der Waals surface area contributed by atoms with Crippen molar-refractivity contribution in [1.82, 2.24) is 15.2 Å². The van der Waals surface area contributed by atoms with Crippen molar-refractivity contribution in [1.29, 1.82) is 0 Å². The molecule has 0 radical (unpaired) electrons. The van der Waals surface area contributed by atoms with E-state index >= 15 is 0 Å². The number of carbonyl (C=O) groups excluding carboxylic acids is 2. The maximum Gasteiger partial charge on any atom is 0.255 e. The van der Waals surface area contributed by atoms with Crippen molar-refractivity contribution >= 4 is 23.4 Å². The van der Waals surface area contributed by atoms with Crippen molar-refractivity contribution in [3.8, 4) is 0 Å². The van der Waals surface area contributed by atoms with E-state index in [1.165, 1.54) is 6.20 Å². The Morgan fingerprint density at radius 3 is 2.70 bits per heavy atom. The van der Waals surface area contributed by atoms with Gasteiger partial charge in [0.05, 0.1) is 5.56 Å². The summed E-state index contributed by atoms with van der Waals surface area (Å²) in [4.78, 5) is 29.9. The molecule has 2 rings (SSSR count). The van der Waals surface area contributed by atoms with Gasteiger partial charge in [0.1, 0.15) is 11.2 Å². The van der Waals surface area contributed by atoms with Crippen molar-refractivity contribution in [2.24, 2.45) is 0 Å². The van der Waals surface area contributed by atoms with Gasteiger partial charge in [-0.3, -0.25) is 9.59 Å². The van der Waals surface area contributed by atoms with E-state index in [9.17, 15) is 9.59 Å². The van der Waals surface area contributed by atoms with Gasteiger partial charge in [0.2, 0.25) is 5.91 Å². The smallest absolute Gasteiger partial charge is 0.255 e. The molecule has 108 valence electrons. The summed E-state index contributed by atoms with van der Waals surface area (Å²) in [5.74, 6) is -0.418. The Kier molecular flexibility index (Phi) is 4.95.